The third-order valence-electron chi connectivity index (χ3n) is 3.69. The normalized spacial score (nSPS) is 15.2. The molecule has 0 spiro atoms. The minimum Gasteiger partial charge on any atom is -0.392 e. The Morgan fingerprint density at radius 1 is 1.40 bits per heavy atom. The van der Waals surface area contributed by atoms with Gasteiger partial charge in [-0.2, -0.15) is 0 Å². The topological polar surface area (TPSA) is 49.3 Å². The van der Waals surface area contributed by atoms with E-state index in [1.807, 2.05) is 46.1 Å². The van der Waals surface area contributed by atoms with Crippen LogP contribution in [0.2, 0.25) is 0 Å². The van der Waals surface area contributed by atoms with E-state index in [9.17, 15) is 9.90 Å². The third-order valence-corrected chi connectivity index (χ3v) is 4.58. The molecule has 0 saturated heterocycles. The Labute approximate surface area is 126 Å². The highest BCUT2D eigenvalue weighted by Crippen LogP contribution is 2.25. The average Bonchev–Trinajstić information content (AvgIpc) is 2.87. The van der Waals surface area contributed by atoms with Gasteiger partial charge in [-0.25, -0.2) is 0 Å². The van der Waals surface area contributed by atoms with E-state index in [1.54, 1.807) is 11.3 Å². The Morgan fingerprint density at radius 3 is 2.55 bits per heavy atom. The van der Waals surface area contributed by atoms with Crippen molar-refractivity contribution < 1.29 is 9.90 Å². The molecular formula is C16H27NO2S. The maximum atomic E-state index is 12.1. The molecule has 1 aromatic heterocycles. The quantitative estimate of drug-likeness (QED) is 0.812. The van der Waals surface area contributed by atoms with Gasteiger partial charge in [-0.05, 0) is 23.8 Å². The number of thiophene rings is 1. The first-order valence-electron chi connectivity index (χ1n) is 7.22. The molecule has 20 heavy (non-hydrogen) atoms. The monoisotopic (exact) mass is 297 g/mol. The number of carbonyl (C=O) groups excluding carboxylic acids is 1. The van der Waals surface area contributed by atoms with Gasteiger partial charge in [0.2, 0.25) is 5.91 Å². The summed E-state index contributed by atoms with van der Waals surface area (Å²) in [5.41, 5.74) is -0.313. The SMILES string of the molecule is CC(Cc1cccs1)C(=O)NCC(C)(C)C(O)C(C)C. The number of nitrogens with one attached hydrogen (secondary N) is 1. The standard InChI is InChI=1S/C16H27NO2S/c1-11(2)14(18)16(4,5)10-17-15(19)12(3)9-13-7-6-8-20-13/h6-8,11-12,14,18H,9-10H2,1-5H3,(H,17,19). The van der Waals surface area contributed by atoms with Gasteiger partial charge in [0.15, 0.2) is 0 Å². The van der Waals surface area contributed by atoms with Crippen molar-refractivity contribution in [1.29, 1.82) is 0 Å². The molecule has 0 aliphatic heterocycles. The van der Waals surface area contributed by atoms with Crippen molar-refractivity contribution in [3.63, 3.8) is 0 Å². The van der Waals surface area contributed by atoms with E-state index in [4.69, 9.17) is 0 Å². The summed E-state index contributed by atoms with van der Waals surface area (Å²) in [6.45, 7) is 10.4. The molecule has 0 bridgehead atoms. The van der Waals surface area contributed by atoms with Crippen LogP contribution >= 0.6 is 11.3 Å². The van der Waals surface area contributed by atoms with Crippen LogP contribution in [0, 0.1) is 17.3 Å². The number of hydrogen-bond donors (Lipinski definition) is 2. The maximum Gasteiger partial charge on any atom is 0.223 e. The zero-order valence-corrected chi connectivity index (χ0v) is 14.0. The van der Waals surface area contributed by atoms with E-state index in [0.717, 1.165) is 6.42 Å². The summed E-state index contributed by atoms with van der Waals surface area (Å²) in [7, 11) is 0. The van der Waals surface area contributed by atoms with Crippen LogP contribution in [0.1, 0.15) is 39.5 Å². The number of rotatable bonds is 7. The van der Waals surface area contributed by atoms with Crippen molar-refractivity contribution in [2.24, 2.45) is 17.3 Å². The Hall–Kier alpha value is -0.870. The molecule has 4 heteroatoms. The Bertz CT molecular complexity index is 412. The largest absolute Gasteiger partial charge is 0.392 e. The first-order valence-corrected chi connectivity index (χ1v) is 8.10. The van der Waals surface area contributed by atoms with Crippen molar-refractivity contribution in [3.8, 4) is 0 Å². The van der Waals surface area contributed by atoms with Crippen LogP contribution in [0.4, 0.5) is 0 Å². The molecule has 1 rings (SSSR count). The van der Waals surface area contributed by atoms with Gasteiger partial charge in [-0.1, -0.05) is 40.7 Å². The molecule has 0 aromatic carbocycles. The lowest BCUT2D eigenvalue weighted by molar-refractivity contribution is -0.125. The molecular weight excluding hydrogens is 270 g/mol. The third kappa shape index (κ3) is 4.91. The molecule has 1 aromatic rings. The van der Waals surface area contributed by atoms with Crippen LogP contribution in [0.15, 0.2) is 17.5 Å². The zero-order valence-electron chi connectivity index (χ0n) is 13.1. The Morgan fingerprint density at radius 2 is 2.05 bits per heavy atom. The molecule has 2 atom stereocenters. The summed E-state index contributed by atoms with van der Waals surface area (Å²) in [5, 5.41) is 15.2. The van der Waals surface area contributed by atoms with Gasteiger partial charge >= 0.3 is 0 Å². The number of aliphatic hydroxyl groups is 1. The lowest BCUT2D eigenvalue weighted by atomic mass is 9.80. The van der Waals surface area contributed by atoms with Crippen molar-refractivity contribution in [2.45, 2.75) is 47.1 Å². The van der Waals surface area contributed by atoms with Gasteiger partial charge in [0.25, 0.3) is 0 Å². The van der Waals surface area contributed by atoms with E-state index < -0.39 is 6.10 Å². The fourth-order valence-corrected chi connectivity index (χ4v) is 3.15. The smallest absolute Gasteiger partial charge is 0.223 e. The number of aliphatic hydroxyl groups excluding tert-OH is 1. The van der Waals surface area contributed by atoms with Crippen molar-refractivity contribution in [3.05, 3.63) is 22.4 Å². The highest BCUT2D eigenvalue weighted by molar-refractivity contribution is 7.09. The first-order chi connectivity index (χ1) is 9.24. The van der Waals surface area contributed by atoms with Gasteiger partial charge in [-0.15, -0.1) is 11.3 Å². The van der Waals surface area contributed by atoms with Gasteiger partial charge in [0.1, 0.15) is 0 Å². The minimum absolute atomic E-state index is 0.0411. The number of hydrogen-bond acceptors (Lipinski definition) is 3. The fourth-order valence-electron chi connectivity index (χ4n) is 2.32. The molecule has 0 saturated carbocycles. The minimum atomic E-state index is -0.421. The fraction of sp³-hybridized carbons (Fsp3) is 0.688. The summed E-state index contributed by atoms with van der Waals surface area (Å²) in [5.74, 6) is 0.202. The van der Waals surface area contributed by atoms with E-state index >= 15 is 0 Å². The van der Waals surface area contributed by atoms with E-state index in [1.165, 1.54) is 4.88 Å². The highest BCUT2D eigenvalue weighted by atomic mass is 32.1. The second-order valence-electron chi connectivity index (χ2n) is 6.58. The molecule has 114 valence electrons. The van der Waals surface area contributed by atoms with Crippen molar-refractivity contribution in [1.82, 2.24) is 5.32 Å². The molecule has 3 nitrogen and oxygen atoms in total. The lowest BCUT2D eigenvalue weighted by Crippen LogP contribution is -2.45. The number of amides is 1. The van der Waals surface area contributed by atoms with Crippen LogP contribution < -0.4 is 5.32 Å². The van der Waals surface area contributed by atoms with Gasteiger partial charge in [0, 0.05) is 22.8 Å². The second kappa shape index (κ2) is 7.23. The van der Waals surface area contributed by atoms with E-state index in [-0.39, 0.29) is 23.2 Å². The van der Waals surface area contributed by atoms with Crippen LogP contribution in [0.25, 0.3) is 0 Å². The summed E-state index contributed by atoms with van der Waals surface area (Å²) in [6.07, 6.45) is 0.354. The molecule has 1 amide bonds. The molecule has 0 fully saturated rings. The molecule has 0 radical (unpaired) electrons. The molecule has 0 aliphatic carbocycles. The number of carbonyl (C=O) groups is 1. The maximum absolute atomic E-state index is 12.1. The van der Waals surface area contributed by atoms with Crippen LogP contribution in [-0.4, -0.2) is 23.7 Å². The van der Waals surface area contributed by atoms with Crippen molar-refractivity contribution >= 4 is 17.2 Å². The molecule has 1 heterocycles. The lowest BCUT2D eigenvalue weighted by Gasteiger charge is -2.33. The summed E-state index contributed by atoms with van der Waals surface area (Å²) in [6, 6.07) is 4.06. The van der Waals surface area contributed by atoms with Crippen LogP contribution in [-0.2, 0) is 11.2 Å². The van der Waals surface area contributed by atoms with Crippen LogP contribution in [0.3, 0.4) is 0 Å². The highest BCUT2D eigenvalue weighted by Gasteiger charge is 2.31. The summed E-state index contributed by atoms with van der Waals surface area (Å²) in [4.78, 5) is 13.4. The first kappa shape index (κ1) is 17.2. The van der Waals surface area contributed by atoms with Crippen LogP contribution in [0.5, 0.6) is 0 Å². The van der Waals surface area contributed by atoms with Gasteiger partial charge < -0.3 is 10.4 Å². The Kier molecular flexibility index (Phi) is 6.21. The van der Waals surface area contributed by atoms with Crippen molar-refractivity contribution in [2.75, 3.05) is 6.54 Å². The summed E-state index contributed by atoms with van der Waals surface area (Å²) < 4.78 is 0. The van der Waals surface area contributed by atoms with Gasteiger partial charge in [0.05, 0.1) is 6.10 Å². The molecule has 0 aliphatic rings. The predicted molar refractivity (Wildman–Crippen MR) is 84.8 cm³/mol. The zero-order chi connectivity index (χ0) is 15.3. The second-order valence-corrected chi connectivity index (χ2v) is 7.61. The van der Waals surface area contributed by atoms with Gasteiger partial charge in [-0.3, -0.25) is 4.79 Å². The average molecular weight is 297 g/mol. The van der Waals surface area contributed by atoms with E-state index in [2.05, 4.69) is 11.4 Å². The summed E-state index contributed by atoms with van der Waals surface area (Å²) >= 11 is 1.68. The Balaban J connectivity index is 2.46. The predicted octanol–water partition coefficient (Wildman–Crippen LogP) is 3.09. The van der Waals surface area contributed by atoms with E-state index in [0.29, 0.717) is 6.54 Å². The molecule has 2 N–H and O–H groups in total. The molecule has 2 unspecified atom stereocenters.